The Morgan fingerprint density at radius 2 is 2.42 bits per heavy atom. The van der Waals surface area contributed by atoms with Crippen LogP contribution in [0, 0.1) is 17.2 Å². The smallest absolute Gasteiger partial charge is 0.136 e. The Bertz CT molecular complexity index is 448. The van der Waals surface area contributed by atoms with Gasteiger partial charge < -0.3 is 14.8 Å². The first-order valence-corrected chi connectivity index (χ1v) is 6.69. The maximum atomic E-state index is 8.92. The number of rotatable bonds is 6. The van der Waals surface area contributed by atoms with Crippen LogP contribution in [-0.4, -0.2) is 26.9 Å². The van der Waals surface area contributed by atoms with E-state index in [0.29, 0.717) is 17.2 Å². The number of benzene rings is 1. The van der Waals surface area contributed by atoms with Crippen LogP contribution in [0.25, 0.3) is 0 Å². The molecule has 0 aliphatic carbocycles. The van der Waals surface area contributed by atoms with Crippen molar-refractivity contribution >= 4 is 0 Å². The summed E-state index contributed by atoms with van der Waals surface area (Å²) in [4.78, 5) is 0. The molecule has 1 aromatic carbocycles. The van der Waals surface area contributed by atoms with Gasteiger partial charge in [0, 0.05) is 19.8 Å². The molecule has 0 saturated carbocycles. The van der Waals surface area contributed by atoms with E-state index in [-0.39, 0.29) is 0 Å². The number of nitrogens with one attached hydrogen (secondary N) is 1. The second kappa shape index (κ2) is 7.13. The van der Waals surface area contributed by atoms with Gasteiger partial charge in [-0.25, -0.2) is 0 Å². The average molecular weight is 260 g/mol. The second-order valence-electron chi connectivity index (χ2n) is 4.84. The lowest BCUT2D eigenvalue weighted by Gasteiger charge is -2.10. The monoisotopic (exact) mass is 260 g/mol. The summed E-state index contributed by atoms with van der Waals surface area (Å²) in [6.07, 6.45) is 2.35. The van der Waals surface area contributed by atoms with E-state index >= 15 is 0 Å². The number of methoxy groups -OCH3 is 1. The van der Waals surface area contributed by atoms with Crippen molar-refractivity contribution in [3.05, 3.63) is 29.3 Å². The van der Waals surface area contributed by atoms with Gasteiger partial charge in [0.2, 0.25) is 0 Å². The predicted molar refractivity (Wildman–Crippen MR) is 73.0 cm³/mol. The Morgan fingerprint density at radius 1 is 1.53 bits per heavy atom. The van der Waals surface area contributed by atoms with Gasteiger partial charge in [0.05, 0.1) is 12.7 Å². The predicted octanol–water partition coefficient (Wildman–Crippen LogP) is 2.08. The van der Waals surface area contributed by atoms with Crippen molar-refractivity contribution in [2.24, 2.45) is 5.92 Å². The molecule has 1 aromatic rings. The van der Waals surface area contributed by atoms with Crippen LogP contribution in [0.15, 0.2) is 18.2 Å². The standard InChI is InChI=1S/C15H20N2O2/c1-18-15-8-13(2-3-14(15)9-16)10-17-6-4-12-5-7-19-11-12/h2-3,8,12,17H,4-7,10-11H2,1H3. The van der Waals surface area contributed by atoms with E-state index in [4.69, 9.17) is 14.7 Å². The van der Waals surface area contributed by atoms with E-state index < -0.39 is 0 Å². The normalized spacial score (nSPS) is 18.2. The Balaban J connectivity index is 1.77. The number of ether oxygens (including phenoxy) is 2. The third kappa shape index (κ3) is 3.95. The molecular formula is C15H20N2O2. The summed E-state index contributed by atoms with van der Waals surface area (Å²) in [7, 11) is 1.59. The first kappa shape index (κ1) is 13.9. The number of hydrogen-bond donors (Lipinski definition) is 1. The molecule has 0 spiro atoms. The summed E-state index contributed by atoms with van der Waals surface area (Å²) in [6.45, 7) is 3.62. The summed E-state index contributed by atoms with van der Waals surface area (Å²) in [6, 6.07) is 7.81. The minimum absolute atomic E-state index is 0.578. The molecule has 1 aliphatic rings. The molecule has 1 fully saturated rings. The highest BCUT2D eigenvalue weighted by Gasteiger charge is 2.14. The van der Waals surface area contributed by atoms with Crippen LogP contribution < -0.4 is 10.1 Å². The maximum absolute atomic E-state index is 8.92. The molecular weight excluding hydrogens is 240 g/mol. The van der Waals surface area contributed by atoms with Crippen LogP contribution >= 0.6 is 0 Å². The van der Waals surface area contributed by atoms with Crippen LogP contribution in [0.5, 0.6) is 5.75 Å². The Hall–Kier alpha value is -1.57. The fourth-order valence-electron chi connectivity index (χ4n) is 2.29. The van der Waals surface area contributed by atoms with Crippen molar-refractivity contribution in [3.63, 3.8) is 0 Å². The van der Waals surface area contributed by atoms with Gasteiger partial charge in [-0.05, 0) is 43.0 Å². The van der Waals surface area contributed by atoms with Crippen molar-refractivity contribution < 1.29 is 9.47 Å². The molecule has 0 amide bonds. The molecule has 1 aliphatic heterocycles. The Kier molecular flexibility index (Phi) is 5.20. The fraction of sp³-hybridized carbons (Fsp3) is 0.533. The van der Waals surface area contributed by atoms with Crippen LogP contribution in [0.1, 0.15) is 24.0 Å². The van der Waals surface area contributed by atoms with Gasteiger partial charge in [-0.2, -0.15) is 5.26 Å². The third-order valence-electron chi connectivity index (χ3n) is 3.47. The molecule has 1 atom stereocenters. The van der Waals surface area contributed by atoms with E-state index in [1.807, 2.05) is 12.1 Å². The molecule has 1 N–H and O–H groups in total. The summed E-state index contributed by atoms with van der Waals surface area (Å²) < 4.78 is 10.6. The highest BCUT2D eigenvalue weighted by molar-refractivity contribution is 5.45. The molecule has 4 nitrogen and oxygen atoms in total. The van der Waals surface area contributed by atoms with Gasteiger partial charge >= 0.3 is 0 Å². The maximum Gasteiger partial charge on any atom is 0.136 e. The molecule has 1 heterocycles. The van der Waals surface area contributed by atoms with Gasteiger partial charge in [-0.3, -0.25) is 0 Å². The first-order valence-electron chi connectivity index (χ1n) is 6.69. The molecule has 2 rings (SSSR count). The SMILES string of the molecule is COc1cc(CNCCC2CCOC2)ccc1C#N. The number of hydrogen-bond acceptors (Lipinski definition) is 4. The molecule has 4 heteroatoms. The Labute approximate surface area is 114 Å². The molecule has 0 bridgehead atoms. The van der Waals surface area contributed by atoms with E-state index in [2.05, 4.69) is 11.4 Å². The average Bonchev–Trinajstić information content (AvgIpc) is 2.96. The Morgan fingerprint density at radius 3 is 3.11 bits per heavy atom. The minimum Gasteiger partial charge on any atom is -0.495 e. The lowest BCUT2D eigenvalue weighted by atomic mass is 10.1. The zero-order valence-electron chi connectivity index (χ0n) is 11.3. The molecule has 0 radical (unpaired) electrons. The van der Waals surface area contributed by atoms with Gasteiger partial charge in [-0.15, -0.1) is 0 Å². The summed E-state index contributed by atoms with van der Waals surface area (Å²) in [5, 5.41) is 12.3. The lowest BCUT2D eigenvalue weighted by Crippen LogP contribution is -2.18. The van der Waals surface area contributed by atoms with Crippen LogP contribution in [-0.2, 0) is 11.3 Å². The van der Waals surface area contributed by atoms with Crippen molar-refractivity contribution in [1.82, 2.24) is 5.32 Å². The summed E-state index contributed by atoms with van der Waals surface area (Å²) in [5.74, 6) is 1.36. The van der Waals surface area contributed by atoms with Crippen molar-refractivity contribution in [2.45, 2.75) is 19.4 Å². The highest BCUT2D eigenvalue weighted by Crippen LogP contribution is 2.19. The summed E-state index contributed by atoms with van der Waals surface area (Å²) in [5.41, 5.74) is 1.72. The van der Waals surface area contributed by atoms with Crippen molar-refractivity contribution in [3.8, 4) is 11.8 Å². The number of nitriles is 1. The van der Waals surface area contributed by atoms with Gasteiger partial charge in [0.1, 0.15) is 11.8 Å². The van der Waals surface area contributed by atoms with Gasteiger partial charge in [-0.1, -0.05) is 6.07 Å². The second-order valence-corrected chi connectivity index (χ2v) is 4.84. The molecule has 1 saturated heterocycles. The van der Waals surface area contributed by atoms with E-state index in [1.54, 1.807) is 13.2 Å². The van der Waals surface area contributed by atoms with Crippen LogP contribution in [0.4, 0.5) is 0 Å². The molecule has 0 aromatic heterocycles. The minimum atomic E-state index is 0.578. The zero-order chi connectivity index (χ0) is 13.5. The topological polar surface area (TPSA) is 54.3 Å². The van der Waals surface area contributed by atoms with Crippen LogP contribution in [0.2, 0.25) is 0 Å². The first-order chi connectivity index (χ1) is 9.33. The fourth-order valence-corrected chi connectivity index (χ4v) is 2.29. The lowest BCUT2D eigenvalue weighted by molar-refractivity contribution is 0.184. The zero-order valence-corrected chi connectivity index (χ0v) is 11.3. The third-order valence-corrected chi connectivity index (χ3v) is 3.47. The van der Waals surface area contributed by atoms with Crippen molar-refractivity contribution in [2.75, 3.05) is 26.9 Å². The van der Waals surface area contributed by atoms with Gasteiger partial charge in [0.15, 0.2) is 0 Å². The number of nitrogens with zero attached hydrogens (tertiary/aromatic N) is 1. The van der Waals surface area contributed by atoms with E-state index in [1.165, 1.54) is 6.42 Å². The van der Waals surface area contributed by atoms with Gasteiger partial charge in [0.25, 0.3) is 0 Å². The molecule has 102 valence electrons. The summed E-state index contributed by atoms with van der Waals surface area (Å²) >= 11 is 0. The largest absolute Gasteiger partial charge is 0.495 e. The van der Waals surface area contributed by atoms with Crippen LogP contribution in [0.3, 0.4) is 0 Å². The highest BCUT2D eigenvalue weighted by atomic mass is 16.5. The molecule has 1 unspecified atom stereocenters. The van der Waals surface area contributed by atoms with Crippen molar-refractivity contribution in [1.29, 1.82) is 5.26 Å². The molecule has 19 heavy (non-hydrogen) atoms. The van der Waals surface area contributed by atoms with E-state index in [9.17, 15) is 0 Å². The van der Waals surface area contributed by atoms with E-state index in [0.717, 1.165) is 38.3 Å². The quantitative estimate of drug-likeness (QED) is 0.796.